The first-order valence-electron chi connectivity index (χ1n) is 6.40. The molecular weight excluding hydrogens is 240 g/mol. The van der Waals surface area contributed by atoms with Gasteiger partial charge in [0.05, 0.1) is 18.4 Å². The van der Waals surface area contributed by atoms with E-state index < -0.39 is 0 Å². The largest absolute Gasteiger partial charge is 0.497 e. The highest BCUT2D eigenvalue weighted by Gasteiger charge is 2.29. The average molecular weight is 256 g/mol. The number of nitrogens with zero attached hydrogens (tertiary/aromatic N) is 1. The molecule has 1 aromatic carbocycles. The average Bonchev–Trinajstić information content (AvgIpc) is 2.81. The van der Waals surface area contributed by atoms with Gasteiger partial charge in [-0.25, -0.2) is 0 Å². The van der Waals surface area contributed by atoms with E-state index in [1.807, 2.05) is 31.2 Å². The summed E-state index contributed by atoms with van der Waals surface area (Å²) in [6.45, 7) is 1.90. The summed E-state index contributed by atoms with van der Waals surface area (Å²) in [6.07, 6.45) is 1.37. The summed E-state index contributed by atoms with van der Waals surface area (Å²) < 4.78 is 5.15. The zero-order valence-electron chi connectivity index (χ0n) is 11.1. The van der Waals surface area contributed by atoms with Gasteiger partial charge in [0, 0.05) is 12.1 Å². The van der Waals surface area contributed by atoms with Crippen molar-refractivity contribution >= 4 is 5.78 Å². The molecule has 0 fully saturated rings. The Balaban J connectivity index is 1.90. The Morgan fingerprint density at radius 2 is 2.00 bits per heavy atom. The molecule has 1 N–H and O–H groups in total. The topological polar surface area (TPSA) is 55.0 Å². The van der Waals surface area contributed by atoms with Crippen LogP contribution in [0.25, 0.3) is 0 Å². The summed E-state index contributed by atoms with van der Waals surface area (Å²) in [5, 5.41) is 7.15. The smallest absolute Gasteiger partial charge is 0.167 e. The van der Waals surface area contributed by atoms with Gasteiger partial charge in [-0.3, -0.25) is 9.89 Å². The van der Waals surface area contributed by atoms with Crippen molar-refractivity contribution in [1.29, 1.82) is 0 Å². The molecule has 0 bridgehead atoms. The van der Waals surface area contributed by atoms with Crippen molar-refractivity contribution in [3.8, 4) is 5.75 Å². The molecule has 1 atom stereocenters. The molecule has 4 nitrogen and oxygen atoms in total. The number of rotatable bonds is 2. The number of Topliss-reactive ketones (excluding diaryl/α,β-unsaturated/α-hetero) is 1. The van der Waals surface area contributed by atoms with Gasteiger partial charge in [0.2, 0.25) is 0 Å². The molecular formula is C15H16N2O2. The lowest BCUT2D eigenvalue weighted by Crippen LogP contribution is -2.18. The van der Waals surface area contributed by atoms with Gasteiger partial charge in [-0.1, -0.05) is 12.1 Å². The highest BCUT2D eigenvalue weighted by molar-refractivity contribution is 5.99. The highest BCUT2D eigenvalue weighted by atomic mass is 16.5. The minimum atomic E-state index is 0.188. The maximum absolute atomic E-state index is 12.2. The summed E-state index contributed by atoms with van der Waals surface area (Å²) in [7, 11) is 1.65. The number of methoxy groups -OCH3 is 1. The van der Waals surface area contributed by atoms with E-state index in [9.17, 15) is 4.79 Å². The number of H-pyrrole nitrogens is 1. The summed E-state index contributed by atoms with van der Waals surface area (Å²) in [5.41, 5.74) is 3.74. The lowest BCUT2D eigenvalue weighted by molar-refractivity contribution is 0.0963. The molecule has 0 unspecified atom stereocenters. The fourth-order valence-corrected chi connectivity index (χ4v) is 2.74. The fraction of sp³-hybridized carbons (Fsp3) is 0.333. The number of ether oxygens (including phenoxy) is 1. The molecule has 1 aliphatic carbocycles. The number of nitrogens with one attached hydrogen (secondary N) is 1. The third-order valence-electron chi connectivity index (χ3n) is 3.76. The predicted molar refractivity (Wildman–Crippen MR) is 71.7 cm³/mol. The SMILES string of the molecule is COc1ccc([C@H]2CC(=O)c3c(n[nH]c3C)C2)cc1. The van der Waals surface area contributed by atoms with Crippen LogP contribution in [0.5, 0.6) is 5.75 Å². The molecule has 0 saturated heterocycles. The Bertz CT molecular complexity index is 614. The molecule has 0 spiro atoms. The van der Waals surface area contributed by atoms with Crippen molar-refractivity contribution in [3.63, 3.8) is 0 Å². The number of hydrogen-bond donors (Lipinski definition) is 1. The zero-order chi connectivity index (χ0) is 13.4. The molecule has 98 valence electrons. The van der Waals surface area contributed by atoms with Crippen LogP contribution in [0.15, 0.2) is 24.3 Å². The number of hydrogen-bond acceptors (Lipinski definition) is 3. The van der Waals surface area contributed by atoms with Crippen molar-refractivity contribution in [2.75, 3.05) is 7.11 Å². The maximum atomic E-state index is 12.2. The van der Waals surface area contributed by atoms with Crippen LogP contribution in [0.2, 0.25) is 0 Å². The van der Waals surface area contributed by atoms with E-state index in [4.69, 9.17) is 4.74 Å². The van der Waals surface area contributed by atoms with Gasteiger partial charge in [-0.05, 0) is 37.0 Å². The first-order chi connectivity index (χ1) is 9.19. The number of benzene rings is 1. The van der Waals surface area contributed by atoms with Crippen LogP contribution in [0.3, 0.4) is 0 Å². The molecule has 0 amide bonds. The fourth-order valence-electron chi connectivity index (χ4n) is 2.74. The summed E-state index contributed by atoms with van der Waals surface area (Å²) >= 11 is 0. The lowest BCUT2D eigenvalue weighted by atomic mass is 9.82. The Morgan fingerprint density at radius 1 is 1.26 bits per heavy atom. The Hall–Kier alpha value is -2.10. The Labute approximate surface area is 111 Å². The summed E-state index contributed by atoms with van der Waals surface area (Å²) in [4.78, 5) is 12.2. The first kappa shape index (κ1) is 12.0. The number of aryl methyl sites for hydroxylation is 1. The number of carbonyl (C=O) groups is 1. The van der Waals surface area contributed by atoms with Crippen LogP contribution < -0.4 is 4.74 Å². The summed E-state index contributed by atoms with van der Waals surface area (Å²) in [5.74, 6) is 1.24. The second-order valence-electron chi connectivity index (χ2n) is 4.97. The molecule has 2 aromatic rings. The number of aromatic amines is 1. The minimum Gasteiger partial charge on any atom is -0.497 e. The molecule has 4 heteroatoms. The third-order valence-corrected chi connectivity index (χ3v) is 3.76. The normalized spacial score (nSPS) is 18.2. The van der Waals surface area contributed by atoms with Crippen LogP contribution in [-0.4, -0.2) is 23.1 Å². The molecule has 1 aliphatic rings. The second kappa shape index (κ2) is 4.53. The van der Waals surface area contributed by atoms with Crippen molar-refractivity contribution in [2.24, 2.45) is 0 Å². The van der Waals surface area contributed by atoms with Crippen molar-refractivity contribution in [1.82, 2.24) is 10.2 Å². The zero-order valence-corrected chi connectivity index (χ0v) is 11.1. The van der Waals surface area contributed by atoms with Crippen LogP contribution in [0.1, 0.15) is 39.6 Å². The van der Waals surface area contributed by atoms with E-state index in [2.05, 4.69) is 10.2 Å². The molecule has 1 aromatic heterocycles. The standard InChI is InChI=1S/C15H16N2O2/c1-9-15-13(17-16-9)7-11(8-14(15)18)10-3-5-12(19-2)6-4-10/h3-6,11H,7-8H2,1-2H3,(H,16,17)/t11-/m1/s1. The molecule has 0 saturated carbocycles. The summed E-state index contributed by atoms with van der Waals surface area (Å²) in [6, 6.07) is 7.93. The number of carbonyl (C=O) groups excluding carboxylic acids is 1. The number of ketones is 1. The van der Waals surface area contributed by atoms with E-state index in [1.54, 1.807) is 7.11 Å². The van der Waals surface area contributed by atoms with E-state index >= 15 is 0 Å². The quantitative estimate of drug-likeness (QED) is 0.898. The van der Waals surface area contributed by atoms with Gasteiger partial charge in [0.1, 0.15) is 5.75 Å². The molecule has 1 heterocycles. The molecule has 0 aliphatic heterocycles. The number of aromatic nitrogens is 2. The molecule has 3 rings (SSSR count). The van der Waals surface area contributed by atoms with E-state index in [1.165, 1.54) is 5.56 Å². The van der Waals surface area contributed by atoms with Gasteiger partial charge in [0.25, 0.3) is 0 Å². The Morgan fingerprint density at radius 3 is 2.68 bits per heavy atom. The van der Waals surface area contributed by atoms with E-state index in [0.29, 0.717) is 6.42 Å². The van der Waals surface area contributed by atoms with E-state index in [0.717, 1.165) is 29.1 Å². The van der Waals surface area contributed by atoms with Crippen LogP contribution in [-0.2, 0) is 6.42 Å². The van der Waals surface area contributed by atoms with Gasteiger partial charge in [-0.15, -0.1) is 0 Å². The van der Waals surface area contributed by atoms with Gasteiger partial charge < -0.3 is 4.74 Å². The second-order valence-corrected chi connectivity index (χ2v) is 4.97. The highest BCUT2D eigenvalue weighted by Crippen LogP contribution is 2.33. The van der Waals surface area contributed by atoms with Crippen molar-refractivity contribution < 1.29 is 9.53 Å². The lowest BCUT2D eigenvalue weighted by Gasteiger charge is -2.21. The van der Waals surface area contributed by atoms with Gasteiger partial charge >= 0.3 is 0 Å². The van der Waals surface area contributed by atoms with Gasteiger partial charge in [-0.2, -0.15) is 5.10 Å². The van der Waals surface area contributed by atoms with Gasteiger partial charge in [0.15, 0.2) is 5.78 Å². The van der Waals surface area contributed by atoms with Crippen LogP contribution >= 0.6 is 0 Å². The van der Waals surface area contributed by atoms with Crippen LogP contribution in [0.4, 0.5) is 0 Å². The first-order valence-corrected chi connectivity index (χ1v) is 6.40. The molecule has 19 heavy (non-hydrogen) atoms. The maximum Gasteiger partial charge on any atom is 0.167 e. The van der Waals surface area contributed by atoms with E-state index in [-0.39, 0.29) is 11.7 Å². The van der Waals surface area contributed by atoms with Crippen molar-refractivity contribution in [2.45, 2.75) is 25.7 Å². The minimum absolute atomic E-state index is 0.188. The van der Waals surface area contributed by atoms with Crippen molar-refractivity contribution in [3.05, 3.63) is 46.8 Å². The Kier molecular flexibility index (Phi) is 2.85. The third kappa shape index (κ3) is 2.03. The molecule has 0 radical (unpaired) electrons. The number of fused-ring (bicyclic) bond motifs is 1. The predicted octanol–water partition coefficient (Wildman–Crippen LogP) is 2.64. The van der Waals surface area contributed by atoms with Crippen LogP contribution in [0, 0.1) is 6.92 Å². The monoisotopic (exact) mass is 256 g/mol.